The molecule has 1 heterocycles. The third kappa shape index (κ3) is 2.14. The van der Waals surface area contributed by atoms with Crippen LogP contribution in [0.5, 0.6) is 0 Å². The highest BCUT2D eigenvalue weighted by atomic mass is 16.5. The maximum absolute atomic E-state index is 5.78. The summed E-state index contributed by atoms with van der Waals surface area (Å²) in [5.74, 6) is 0. The molecule has 1 aliphatic rings. The molecule has 0 radical (unpaired) electrons. The molecular formula is C16H21N3O. The molecule has 1 aromatic carbocycles. The number of fused-ring (bicyclic) bond motifs is 1. The SMILES string of the molecule is CCOC1CC(Nc2cnnc3ccccc23)C1(C)C. The Labute approximate surface area is 119 Å². The molecule has 0 saturated heterocycles. The topological polar surface area (TPSA) is 47.0 Å². The second-order valence-electron chi connectivity index (χ2n) is 5.97. The average Bonchev–Trinajstić information content (AvgIpc) is 2.46. The Morgan fingerprint density at radius 1 is 1.35 bits per heavy atom. The van der Waals surface area contributed by atoms with E-state index < -0.39 is 0 Å². The van der Waals surface area contributed by atoms with Crippen LogP contribution >= 0.6 is 0 Å². The van der Waals surface area contributed by atoms with Gasteiger partial charge in [-0.05, 0) is 19.4 Å². The first kappa shape index (κ1) is 13.3. The highest BCUT2D eigenvalue weighted by Gasteiger charge is 2.48. The number of rotatable bonds is 4. The van der Waals surface area contributed by atoms with Gasteiger partial charge in [-0.2, -0.15) is 10.2 Å². The van der Waals surface area contributed by atoms with Crippen molar-refractivity contribution in [3.8, 4) is 0 Å². The Hall–Kier alpha value is -1.68. The fraction of sp³-hybridized carbons (Fsp3) is 0.500. The van der Waals surface area contributed by atoms with Gasteiger partial charge in [0.25, 0.3) is 0 Å². The van der Waals surface area contributed by atoms with E-state index in [9.17, 15) is 0 Å². The number of ether oxygens (including phenoxy) is 1. The summed E-state index contributed by atoms with van der Waals surface area (Å²) in [6.45, 7) is 7.34. The number of hydrogen-bond donors (Lipinski definition) is 1. The van der Waals surface area contributed by atoms with Crippen molar-refractivity contribution in [2.75, 3.05) is 11.9 Å². The minimum absolute atomic E-state index is 0.139. The van der Waals surface area contributed by atoms with Gasteiger partial charge in [0.2, 0.25) is 0 Å². The molecule has 1 aromatic heterocycles. The van der Waals surface area contributed by atoms with Gasteiger partial charge in [0, 0.05) is 23.4 Å². The van der Waals surface area contributed by atoms with Crippen molar-refractivity contribution in [2.24, 2.45) is 5.41 Å². The van der Waals surface area contributed by atoms with E-state index in [0.29, 0.717) is 12.1 Å². The largest absolute Gasteiger partial charge is 0.380 e. The van der Waals surface area contributed by atoms with E-state index >= 15 is 0 Å². The van der Waals surface area contributed by atoms with Crippen LogP contribution in [0.1, 0.15) is 27.2 Å². The molecule has 20 heavy (non-hydrogen) atoms. The number of aromatic nitrogens is 2. The van der Waals surface area contributed by atoms with Crippen LogP contribution in [0.4, 0.5) is 5.69 Å². The van der Waals surface area contributed by atoms with Crippen molar-refractivity contribution in [3.63, 3.8) is 0 Å². The summed E-state index contributed by atoms with van der Waals surface area (Å²) < 4.78 is 5.78. The van der Waals surface area contributed by atoms with Crippen molar-refractivity contribution in [1.82, 2.24) is 10.2 Å². The molecular weight excluding hydrogens is 250 g/mol. The number of nitrogens with one attached hydrogen (secondary N) is 1. The number of hydrogen-bond acceptors (Lipinski definition) is 4. The lowest BCUT2D eigenvalue weighted by Gasteiger charge is -2.52. The van der Waals surface area contributed by atoms with Gasteiger partial charge in [-0.15, -0.1) is 0 Å². The molecule has 1 aliphatic carbocycles. The van der Waals surface area contributed by atoms with Crippen LogP contribution in [0.15, 0.2) is 30.5 Å². The van der Waals surface area contributed by atoms with Crippen LogP contribution < -0.4 is 5.32 Å². The van der Waals surface area contributed by atoms with E-state index in [1.165, 1.54) is 0 Å². The van der Waals surface area contributed by atoms with Gasteiger partial charge >= 0.3 is 0 Å². The lowest BCUT2D eigenvalue weighted by molar-refractivity contribution is -0.0975. The summed E-state index contributed by atoms with van der Waals surface area (Å²) in [5, 5.41) is 13.0. The fourth-order valence-corrected chi connectivity index (χ4v) is 2.92. The standard InChI is InChI=1S/C16H21N3O/c1-4-20-15-9-14(16(15,2)3)18-13-10-17-19-12-8-6-5-7-11(12)13/h5-8,10,14-15H,4,9H2,1-3H3,(H,18,19). The van der Waals surface area contributed by atoms with Crippen LogP contribution in [-0.4, -0.2) is 29.0 Å². The van der Waals surface area contributed by atoms with Gasteiger partial charge in [-0.3, -0.25) is 0 Å². The minimum atomic E-state index is 0.139. The molecule has 2 aromatic rings. The van der Waals surface area contributed by atoms with E-state index in [1.54, 1.807) is 0 Å². The van der Waals surface area contributed by atoms with Crippen LogP contribution in [0, 0.1) is 5.41 Å². The maximum atomic E-state index is 5.78. The van der Waals surface area contributed by atoms with E-state index in [-0.39, 0.29) is 5.41 Å². The Morgan fingerprint density at radius 2 is 2.15 bits per heavy atom. The van der Waals surface area contributed by atoms with Crippen molar-refractivity contribution in [2.45, 2.75) is 39.3 Å². The molecule has 1 saturated carbocycles. The number of nitrogens with zero attached hydrogens (tertiary/aromatic N) is 2. The summed E-state index contributed by atoms with van der Waals surface area (Å²) >= 11 is 0. The molecule has 1 fully saturated rings. The lowest BCUT2D eigenvalue weighted by atomic mass is 9.64. The summed E-state index contributed by atoms with van der Waals surface area (Å²) in [6, 6.07) is 8.50. The van der Waals surface area contributed by atoms with E-state index in [0.717, 1.165) is 29.6 Å². The zero-order valence-electron chi connectivity index (χ0n) is 12.3. The molecule has 0 spiro atoms. The van der Waals surface area contributed by atoms with E-state index in [4.69, 9.17) is 4.74 Å². The second-order valence-corrected chi connectivity index (χ2v) is 5.97. The molecule has 4 heteroatoms. The second kappa shape index (κ2) is 5.02. The molecule has 3 rings (SSSR count). The smallest absolute Gasteiger partial charge is 0.0950 e. The van der Waals surface area contributed by atoms with Crippen LogP contribution in [-0.2, 0) is 4.74 Å². The van der Waals surface area contributed by atoms with Crippen LogP contribution in [0.2, 0.25) is 0 Å². The summed E-state index contributed by atoms with van der Waals surface area (Å²) in [4.78, 5) is 0. The lowest BCUT2D eigenvalue weighted by Crippen LogP contribution is -2.58. The molecule has 2 unspecified atom stereocenters. The Bertz CT molecular complexity index is 606. The van der Waals surface area contributed by atoms with Crippen molar-refractivity contribution < 1.29 is 4.74 Å². The van der Waals surface area contributed by atoms with Crippen LogP contribution in [0.3, 0.4) is 0 Å². The van der Waals surface area contributed by atoms with E-state index in [1.807, 2.05) is 24.4 Å². The fourth-order valence-electron chi connectivity index (χ4n) is 2.92. The molecule has 106 valence electrons. The molecule has 0 amide bonds. The van der Waals surface area contributed by atoms with E-state index in [2.05, 4.69) is 42.4 Å². The third-order valence-corrected chi connectivity index (χ3v) is 4.42. The first-order valence-electron chi connectivity index (χ1n) is 7.21. The Balaban J connectivity index is 1.81. The highest BCUT2D eigenvalue weighted by Crippen LogP contribution is 2.44. The summed E-state index contributed by atoms with van der Waals surface area (Å²) in [5.41, 5.74) is 2.13. The molecule has 0 bridgehead atoms. The van der Waals surface area contributed by atoms with Gasteiger partial charge in [0.05, 0.1) is 23.5 Å². The van der Waals surface area contributed by atoms with Crippen molar-refractivity contribution in [3.05, 3.63) is 30.5 Å². The van der Waals surface area contributed by atoms with Gasteiger partial charge < -0.3 is 10.1 Å². The van der Waals surface area contributed by atoms with Crippen LogP contribution in [0.25, 0.3) is 10.9 Å². The highest BCUT2D eigenvalue weighted by molar-refractivity contribution is 5.90. The monoisotopic (exact) mass is 271 g/mol. The van der Waals surface area contributed by atoms with Gasteiger partial charge in [-0.25, -0.2) is 0 Å². The maximum Gasteiger partial charge on any atom is 0.0950 e. The predicted molar refractivity (Wildman–Crippen MR) is 80.8 cm³/mol. The first-order valence-corrected chi connectivity index (χ1v) is 7.21. The zero-order valence-corrected chi connectivity index (χ0v) is 12.3. The van der Waals surface area contributed by atoms with Gasteiger partial charge in [0.1, 0.15) is 0 Å². The number of benzene rings is 1. The Morgan fingerprint density at radius 3 is 2.90 bits per heavy atom. The minimum Gasteiger partial charge on any atom is -0.380 e. The zero-order chi connectivity index (χ0) is 14.2. The molecule has 2 atom stereocenters. The summed E-state index contributed by atoms with van der Waals surface area (Å²) in [6.07, 6.45) is 3.19. The number of anilines is 1. The molecule has 0 aliphatic heterocycles. The third-order valence-electron chi connectivity index (χ3n) is 4.42. The normalized spacial score (nSPS) is 24.4. The molecule has 1 N–H and O–H groups in total. The average molecular weight is 271 g/mol. The Kier molecular flexibility index (Phi) is 3.34. The first-order chi connectivity index (χ1) is 9.63. The van der Waals surface area contributed by atoms with Crippen molar-refractivity contribution in [1.29, 1.82) is 0 Å². The molecule has 4 nitrogen and oxygen atoms in total. The van der Waals surface area contributed by atoms with Gasteiger partial charge in [0.15, 0.2) is 0 Å². The predicted octanol–water partition coefficient (Wildman–Crippen LogP) is 3.25. The summed E-state index contributed by atoms with van der Waals surface area (Å²) in [7, 11) is 0. The van der Waals surface area contributed by atoms with Gasteiger partial charge in [-0.1, -0.05) is 32.0 Å². The van der Waals surface area contributed by atoms with Crippen molar-refractivity contribution >= 4 is 16.6 Å². The quantitative estimate of drug-likeness (QED) is 0.927.